The number of hydrogen-bond acceptors (Lipinski definition) is 3. The van der Waals surface area contributed by atoms with Crippen molar-refractivity contribution in [2.24, 2.45) is 11.7 Å². The van der Waals surface area contributed by atoms with Crippen LogP contribution in [0.3, 0.4) is 0 Å². The predicted octanol–water partition coefficient (Wildman–Crippen LogP) is 2.76. The molecule has 1 aromatic carbocycles. The molecule has 1 fully saturated rings. The number of hydrogen-bond donors (Lipinski definition) is 1. The van der Waals surface area contributed by atoms with Gasteiger partial charge in [0.1, 0.15) is 0 Å². The molecule has 0 radical (unpaired) electrons. The maximum atomic E-state index is 6.36. The molecule has 0 saturated carbocycles. The average molecular weight is 264 g/mol. The number of thioether (sulfide) groups is 1. The van der Waals surface area contributed by atoms with Crippen LogP contribution in [0.4, 0.5) is 0 Å². The minimum absolute atomic E-state index is 0.149. The normalized spacial score (nSPS) is 24.7. The molecule has 0 aromatic heterocycles. The van der Waals surface area contributed by atoms with Gasteiger partial charge in [-0.3, -0.25) is 0 Å². The van der Waals surface area contributed by atoms with Crippen LogP contribution in [0.1, 0.15) is 25.5 Å². The molecule has 3 unspecified atom stereocenters. The zero-order valence-corrected chi connectivity index (χ0v) is 12.2. The summed E-state index contributed by atoms with van der Waals surface area (Å²) in [6.45, 7) is 8.11. The summed E-state index contributed by atoms with van der Waals surface area (Å²) < 4.78 is 0. The molecule has 2 rings (SSSR count). The van der Waals surface area contributed by atoms with Crippen LogP contribution in [0, 0.1) is 5.92 Å². The van der Waals surface area contributed by atoms with E-state index in [-0.39, 0.29) is 6.04 Å². The smallest absolute Gasteiger partial charge is 0.0333 e. The second kappa shape index (κ2) is 6.60. The molecular formula is C15H24N2S. The van der Waals surface area contributed by atoms with Gasteiger partial charge in [0.05, 0.1) is 0 Å². The highest BCUT2D eigenvalue weighted by molar-refractivity contribution is 7.99. The zero-order valence-electron chi connectivity index (χ0n) is 11.4. The molecule has 2 nitrogen and oxygen atoms in total. The van der Waals surface area contributed by atoms with E-state index >= 15 is 0 Å². The zero-order chi connectivity index (χ0) is 13.0. The van der Waals surface area contributed by atoms with E-state index in [4.69, 9.17) is 5.73 Å². The fourth-order valence-electron chi connectivity index (χ4n) is 2.58. The molecule has 1 aliphatic heterocycles. The van der Waals surface area contributed by atoms with E-state index in [0.29, 0.717) is 5.92 Å². The minimum atomic E-state index is 0.149. The first-order chi connectivity index (χ1) is 8.66. The Labute approximate surface area is 115 Å². The molecule has 0 spiro atoms. The first-order valence-electron chi connectivity index (χ1n) is 6.81. The molecule has 3 atom stereocenters. The Hall–Kier alpha value is -0.510. The van der Waals surface area contributed by atoms with E-state index in [1.807, 2.05) is 6.07 Å². The Balaban J connectivity index is 1.89. The molecule has 3 heteroatoms. The average Bonchev–Trinajstić information content (AvgIpc) is 2.39. The Morgan fingerprint density at radius 1 is 1.39 bits per heavy atom. The Morgan fingerprint density at radius 3 is 2.78 bits per heavy atom. The van der Waals surface area contributed by atoms with Crippen LogP contribution in [-0.4, -0.2) is 35.5 Å². The molecule has 2 N–H and O–H groups in total. The maximum Gasteiger partial charge on any atom is 0.0333 e. The first-order valence-corrected chi connectivity index (χ1v) is 7.86. The summed E-state index contributed by atoms with van der Waals surface area (Å²) in [5.41, 5.74) is 7.61. The van der Waals surface area contributed by atoms with Crippen molar-refractivity contribution >= 4 is 11.8 Å². The fraction of sp³-hybridized carbons (Fsp3) is 0.600. The summed E-state index contributed by atoms with van der Waals surface area (Å²) in [6, 6.07) is 10.6. The molecular weight excluding hydrogens is 240 g/mol. The van der Waals surface area contributed by atoms with Gasteiger partial charge in [0.15, 0.2) is 0 Å². The lowest BCUT2D eigenvalue weighted by Crippen LogP contribution is -2.41. The third kappa shape index (κ3) is 3.74. The summed E-state index contributed by atoms with van der Waals surface area (Å²) in [5.74, 6) is 1.76. The van der Waals surface area contributed by atoms with Gasteiger partial charge in [0, 0.05) is 36.7 Å². The quantitative estimate of drug-likeness (QED) is 0.906. The number of rotatable bonds is 4. The van der Waals surface area contributed by atoms with Crippen LogP contribution >= 0.6 is 11.8 Å². The van der Waals surface area contributed by atoms with E-state index < -0.39 is 0 Å². The Kier molecular flexibility index (Phi) is 5.10. The second-order valence-corrected chi connectivity index (χ2v) is 6.90. The molecule has 0 bridgehead atoms. The van der Waals surface area contributed by atoms with Crippen molar-refractivity contribution in [2.75, 3.05) is 25.4 Å². The van der Waals surface area contributed by atoms with E-state index in [2.05, 4.69) is 54.8 Å². The lowest BCUT2D eigenvalue weighted by Gasteiger charge is -2.34. The maximum absolute atomic E-state index is 6.36. The molecule has 1 aromatic rings. The SMILES string of the molecule is CC1CN(CC(C)C(N)c2ccccc2)CCS1. The lowest BCUT2D eigenvalue weighted by molar-refractivity contribution is 0.231. The molecule has 100 valence electrons. The van der Waals surface area contributed by atoms with Crippen LogP contribution in [0.15, 0.2) is 30.3 Å². The third-order valence-corrected chi connectivity index (χ3v) is 4.81. The lowest BCUT2D eigenvalue weighted by atomic mass is 9.95. The summed E-state index contributed by atoms with van der Waals surface area (Å²) >= 11 is 2.08. The van der Waals surface area contributed by atoms with Gasteiger partial charge in [0.25, 0.3) is 0 Å². The van der Waals surface area contributed by atoms with Gasteiger partial charge in [-0.25, -0.2) is 0 Å². The van der Waals surface area contributed by atoms with Crippen molar-refractivity contribution in [1.82, 2.24) is 4.90 Å². The van der Waals surface area contributed by atoms with Crippen molar-refractivity contribution < 1.29 is 0 Å². The Bertz CT molecular complexity index is 355. The van der Waals surface area contributed by atoms with Gasteiger partial charge in [0.2, 0.25) is 0 Å². The molecule has 0 amide bonds. The number of nitrogens with two attached hydrogens (primary N) is 1. The van der Waals surface area contributed by atoms with E-state index in [9.17, 15) is 0 Å². The molecule has 1 saturated heterocycles. The van der Waals surface area contributed by atoms with Gasteiger partial charge in [-0.05, 0) is 11.5 Å². The van der Waals surface area contributed by atoms with Crippen molar-refractivity contribution in [3.8, 4) is 0 Å². The van der Waals surface area contributed by atoms with Crippen LogP contribution in [0.2, 0.25) is 0 Å². The second-order valence-electron chi connectivity index (χ2n) is 5.35. The van der Waals surface area contributed by atoms with Crippen LogP contribution in [0.5, 0.6) is 0 Å². The first kappa shape index (κ1) is 13.9. The highest BCUT2D eigenvalue weighted by atomic mass is 32.2. The monoisotopic (exact) mass is 264 g/mol. The molecule has 1 aliphatic rings. The predicted molar refractivity (Wildman–Crippen MR) is 80.9 cm³/mol. The van der Waals surface area contributed by atoms with Crippen molar-refractivity contribution in [2.45, 2.75) is 25.1 Å². The fourth-order valence-corrected chi connectivity index (χ4v) is 3.66. The largest absolute Gasteiger partial charge is 0.324 e. The number of nitrogens with zero attached hydrogens (tertiary/aromatic N) is 1. The van der Waals surface area contributed by atoms with Gasteiger partial charge in [-0.2, -0.15) is 11.8 Å². The van der Waals surface area contributed by atoms with Gasteiger partial charge in [-0.1, -0.05) is 44.2 Å². The van der Waals surface area contributed by atoms with E-state index in [1.165, 1.54) is 24.4 Å². The van der Waals surface area contributed by atoms with Crippen molar-refractivity contribution in [1.29, 1.82) is 0 Å². The van der Waals surface area contributed by atoms with Crippen LogP contribution < -0.4 is 5.73 Å². The van der Waals surface area contributed by atoms with E-state index in [1.54, 1.807) is 0 Å². The Morgan fingerprint density at radius 2 is 2.11 bits per heavy atom. The standard InChI is InChI=1S/C15H24N2S/c1-12(10-17-8-9-18-13(2)11-17)15(16)14-6-4-3-5-7-14/h3-7,12-13,15H,8-11,16H2,1-2H3. The third-order valence-electron chi connectivity index (χ3n) is 3.67. The molecule has 1 heterocycles. The summed E-state index contributed by atoms with van der Waals surface area (Å²) in [4.78, 5) is 2.56. The summed E-state index contributed by atoms with van der Waals surface area (Å²) in [7, 11) is 0. The topological polar surface area (TPSA) is 29.3 Å². The minimum Gasteiger partial charge on any atom is -0.324 e. The number of benzene rings is 1. The summed E-state index contributed by atoms with van der Waals surface area (Å²) in [5, 5.41) is 0.763. The molecule has 18 heavy (non-hydrogen) atoms. The van der Waals surface area contributed by atoms with Gasteiger partial charge >= 0.3 is 0 Å². The summed E-state index contributed by atoms with van der Waals surface area (Å²) in [6.07, 6.45) is 0. The van der Waals surface area contributed by atoms with Crippen molar-refractivity contribution in [3.63, 3.8) is 0 Å². The van der Waals surface area contributed by atoms with Crippen molar-refractivity contribution in [3.05, 3.63) is 35.9 Å². The highest BCUT2D eigenvalue weighted by Crippen LogP contribution is 2.23. The van der Waals surface area contributed by atoms with Crippen LogP contribution in [-0.2, 0) is 0 Å². The highest BCUT2D eigenvalue weighted by Gasteiger charge is 2.21. The van der Waals surface area contributed by atoms with E-state index in [0.717, 1.165) is 11.8 Å². The van der Waals surface area contributed by atoms with Gasteiger partial charge in [-0.15, -0.1) is 0 Å². The van der Waals surface area contributed by atoms with Gasteiger partial charge < -0.3 is 10.6 Å². The molecule has 0 aliphatic carbocycles. The van der Waals surface area contributed by atoms with Crippen LogP contribution in [0.25, 0.3) is 0 Å².